The first-order chi connectivity index (χ1) is 20.2. The van der Waals surface area contributed by atoms with E-state index in [0.717, 1.165) is 25.7 Å². The molecule has 0 bridgehead atoms. The van der Waals surface area contributed by atoms with Crippen LogP contribution in [0.15, 0.2) is 48.0 Å². The lowest BCUT2D eigenvalue weighted by atomic mass is 9.45. The summed E-state index contributed by atoms with van der Waals surface area (Å²) >= 11 is 17.4. The van der Waals surface area contributed by atoms with Crippen LogP contribution >= 0.6 is 34.8 Å². The summed E-state index contributed by atoms with van der Waals surface area (Å²) in [5.41, 5.74) is -1.23. The number of rotatable bonds is 4. The quantitative estimate of drug-likeness (QED) is 0.283. The van der Waals surface area contributed by atoms with Gasteiger partial charge in [-0.1, -0.05) is 54.2 Å². The van der Waals surface area contributed by atoms with E-state index in [9.17, 15) is 30.0 Å². The number of carbonyl (C=O) groups is 2. The summed E-state index contributed by atoms with van der Waals surface area (Å²) in [5.74, 6) is 0.775. The lowest BCUT2D eigenvalue weighted by Gasteiger charge is -2.60. The molecule has 0 unspecified atom stereocenters. The van der Waals surface area contributed by atoms with Crippen molar-refractivity contribution in [1.29, 1.82) is 0 Å². The van der Waals surface area contributed by atoms with E-state index in [4.69, 9.17) is 39.5 Å². The van der Waals surface area contributed by atoms with Crippen LogP contribution in [-0.2, 0) is 9.59 Å². The Morgan fingerprint density at radius 2 is 1.67 bits per heavy atom. The predicted molar refractivity (Wildman–Crippen MR) is 165 cm³/mol. The van der Waals surface area contributed by atoms with E-state index in [0.29, 0.717) is 40.1 Å². The summed E-state index contributed by atoms with van der Waals surface area (Å²) in [6.45, 7) is 3.46. The number of allylic oxidation sites excluding steroid dienone is 1. The second kappa shape index (κ2) is 12.0. The van der Waals surface area contributed by atoms with E-state index in [2.05, 4.69) is 6.92 Å². The van der Waals surface area contributed by atoms with Crippen molar-refractivity contribution in [3.8, 4) is 17.2 Å². The number of fused-ring (bicyclic) bond motifs is 5. The van der Waals surface area contributed by atoms with Crippen LogP contribution in [-0.4, -0.2) is 50.3 Å². The minimum Gasteiger partial charge on any atom is -0.504 e. The summed E-state index contributed by atoms with van der Waals surface area (Å²) in [6.07, 6.45) is 5.74. The Hall–Kier alpha value is -2.13. The van der Waals surface area contributed by atoms with Crippen molar-refractivity contribution >= 4 is 46.4 Å². The summed E-state index contributed by atoms with van der Waals surface area (Å²) in [5, 5.41) is 42.7. The number of Topliss-reactive ketones (excluding diaryl/α,β-unsaturated/α-hetero) is 1. The standard InChI is InChI=1S/C21H30O5.C12H7Cl3O2/c1-19-7-5-13(23)9-12(19)3-4-14-15-6-8-21(26,17(25)11-22)20(15,2)10-16(24)18(14)19;13-7-1-3-11(9(15)5-7)17-12-4-2-8(14)6-10(12)16/h9,14-16,18,22,24,26H,3-8,10-11H2,1-2H3;1-6,16H/t14-,15-,16-,18+,19-,20-,21-;/m0./s1. The summed E-state index contributed by atoms with van der Waals surface area (Å²) in [6, 6.07) is 9.39. The highest BCUT2D eigenvalue weighted by Gasteiger charge is 2.68. The minimum absolute atomic E-state index is 0.0523. The molecule has 0 aliphatic heterocycles. The second-order valence-electron chi connectivity index (χ2n) is 12.8. The summed E-state index contributed by atoms with van der Waals surface area (Å²) in [7, 11) is 0. The first-order valence-corrected chi connectivity index (χ1v) is 15.8. The topological polar surface area (TPSA) is 124 Å². The molecule has 0 heterocycles. The number of phenolic OH excluding ortho intramolecular Hbond substituents is 1. The Labute approximate surface area is 266 Å². The summed E-state index contributed by atoms with van der Waals surface area (Å²) in [4.78, 5) is 24.3. The number of phenols is 1. The molecule has 0 saturated heterocycles. The van der Waals surface area contributed by atoms with Crippen molar-refractivity contribution < 1.29 is 34.8 Å². The molecule has 4 N–H and O–H groups in total. The average Bonchev–Trinajstić information content (AvgIpc) is 3.22. The van der Waals surface area contributed by atoms with Crippen LogP contribution in [0.4, 0.5) is 0 Å². The third-order valence-electron chi connectivity index (χ3n) is 10.7. The number of ether oxygens (including phenoxy) is 1. The molecule has 4 aliphatic rings. The van der Waals surface area contributed by atoms with Gasteiger partial charge in [0.25, 0.3) is 0 Å². The van der Waals surface area contributed by atoms with E-state index in [-0.39, 0.29) is 40.5 Å². The number of aliphatic hydroxyl groups is 3. The maximum Gasteiger partial charge on any atom is 0.190 e. The molecule has 43 heavy (non-hydrogen) atoms. The fraction of sp³-hybridized carbons (Fsp3) is 0.515. The van der Waals surface area contributed by atoms with E-state index in [1.54, 1.807) is 36.4 Å². The van der Waals surface area contributed by atoms with Gasteiger partial charge in [0.1, 0.15) is 18.0 Å². The molecule has 10 heteroatoms. The maximum atomic E-state index is 12.4. The number of aromatic hydroxyl groups is 1. The van der Waals surface area contributed by atoms with Gasteiger partial charge >= 0.3 is 0 Å². The number of carbonyl (C=O) groups excluding carboxylic acids is 2. The van der Waals surface area contributed by atoms with Gasteiger partial charge < -0.3 is 25.2 Å². The van der Waals surface area contributed by atoms with Crippen LogP contribution in [0.3, 0.4) is 0 Å². The van der Waals surface area contributed by atoms with E-state index in [1.165, 1.54) is 11.6 Å². The Balaban J connectivity index is 0.000000188. The predicted octanol–water partition coefficient (Wildman–Crippen LogP) is 6.93. The van der Waals surface area contributed by atoms with Crippen molar-refractivity contribution in [3.05, 3.63) is 63.1 Å². The Bertz CT molecular complexity index is 1410. The van der Waals surface area contributed by atoms with Crippen molar-refractivity contribution in [2.45, 2.75) is 70.5 Å². The Morgan fingerprint density at radius 1 is 1.00 bits per heavy atom. The van der Waals surface area contributed by atoms with Gasteiger partial charge in [0.15, 0.2) is 23.1 Å². The first-order valence-electron chi connectivity index (χ1n) is 14.6. The summed E-state index contributed by atoms with van der Waals surface area (Å²) < 4.78 is 5.45. The van der Waals surface area contributed by atoms with Gasteiger partial charge in [-0.15, -0.1) is 0 Å². The number of aliphatic hydroxyl groups excluding tert-OH is 2. The molecule has 0 amide bonds. The fourth-order valence-electron chi connectivity index (χ4n) is 8.53. The van der Waals surface area contributed by atoms with Crippen LogP contribution < -0.4 is 4.74 Å². The molecule has 3 saturated carbocycles. The lowest BCUT2D eigenvalue weighted by molar-refractivity contribution is -0.182. The van der Waals surface area contributed by atoms with Crippen LogP contribution in [0, 0.1) is 28.6 Å². The Kier molecular flexibility index (Phi) is 9.00. The van der Waals surface area contributed by atoms with E-state index in [1.807, 2.05) is 6.92 Å². The van der Waals surface area contributed by atoms with Crippen molar-refractivity contribution in [2.24, 2.45) is 28.6 Å². The molecular formula is C33H37Cl3O7. The zero-order chi connectivity index (χ0) is 31.3. The van der Waals surface area contributed by atoms with Crippen LogP contribution in [0.1, 0.15) is 58.8 Å². The van der Waals surface area contributed by atoms with Crippen molar-refractivity contribution in [3.63, 3.8) is 0 Å². The molecule has 3 fully saturated rings. The second-order valence-corrected chi connectivity index (χ2v) is 14.1. The number of hydrogen-bond donors (Lipinski definition) is 4. The molecule has 0 aromatic heterocycles. The largest absolute Gasteiger partial charge is 0.504 e. The molecule has 7 atom stereocenters. The fourth-order valence-corrected chi connectivity index (χ4v) is 9.15. The van der Waals surface area contributed by atoms with Gasteiger partial charge in [0.05, 0.1) is 11.1 Å². The van der Waals surface area contributed by atoms with Gasteiger partial charge in [0.2, 0.25) is 0 Å². The van der Waals surface area contributed by atoms with Gasteiger partial charge in [-0.25, -0.2) is 0 Å². The molecule has 6 rings (SSSR count). The highest BCUT2D eigenvalue weighted by atomic mass is 35.5. The Morgan fingerprint density at radius 3 is 2.33 bits per heavy atom. The van der Waals surface area contributed by atoms with Gasteiger partial charge in [-0.2, -0.15) is 0 Å². The zero-order valence-corrected chi connectivity index (χ0v) is 26.4. The third-order valence-corrected chi connectivity index (χ3v) is 11.5. The molecule has 7 nitrogen and oxygen atoms in total. The number of benzene rings is 2. The monoisotopic (exact) mass is 650 g/mol. The maximum absolute atomic E-state index is 12.4. The lowest BCUT2D eigenvalue weighted by Crippen LogP contribution is -2.62. The van der Waals surface area contributed by atoms with Gasteiger partial charge in [0, 0.05) is 27.9 Å². The number of halogens is 3. The van der Waals surface area contributed by atoms with Crippen LogP contribution in [0.25, 0.3) is 0 Å². The highest BCUT2D eigenvalue weighted by Crippen LogP contribution is 2.67. The van der Waals surface area contributed by atoms with Crippen LogP contribution in [0.5, 0.6) is 17.2 Å². The van der Waals surface area contributed by atoms with Gasteiger partial charge in [-0.05, 0) is 98.1 Å². The van der Waals surface area contributed by atoms with Gasteiger partial charge in [-0.3, -0.25) is 9.59 Å². The zero-order valence-electron chi connectivity index (χ0n) is 24.2. The highest BCUT2D eigenvalue weighted by molar-refractivity contribution is 6.35. The van der Waals surface area contributed by atoms with E-state index < -0.39 is 29.5 Å². The molecule has 232 valence electrons. The SMILES string of the molecule is C[C@]12CCC(=O)C=C1CC[C@@H]1[C@@H]2[C@@H](O)C[C@@]2(C)[C@H]1CC[C@]2(O)C(=O)CO.Oc1cc(Cl)ccc1Oc1ccc(Cl)cc1Cl. The molecule has 2 aromatic carbocycles. The average molecular weight is 652 g/mol. The smallest absolute Gasteiger partial charge is 0.190 e. The van der Waals surface area contributed by atoms with Crippen LogP contribution in [0.2, 0.25) is 15.1 Å². The van der Waals surface area contributed by atoms with E-state index >= 15 is 0 Å². The molecule has 0 radical (unpaired) electrons. The minimum atomic E-state index is -1.54. The normalized spacial score (nSPS) is 34.6. The van der Waals surface area contributed by atoms with Crippen molar-refractivity contribution in [1.82, 2.24) is 0 Å². The number of ketones is 2. The molecule has 4 aliphatic carbocycles. The molecular weight excluding hydrogens is 615 g/mol. The van der Waals surface area contributed by atoms with Crippen molar-refractivity contribution in [2.75, 3.05) is 6.61 Å². The molecule has 0 spiro atoms. The number of hydrogen-bond acceptors (Lipinski definition) is 7. The third kappa shape index (κ3) is 5.62. The first kappa shape index (κ1) is 32.3. The molecule has 2 aromatic rings.